The van der Waals surface area contributed by atoms with Crippen molar-refractivity contribution in [3.63, 3.8) is 0 Å². The van der Waals surface area contributed by atoms with E-state index >= 15 is 0 Å². The molecule has 10 nitrogen and oxygen atoms in total. The number of carbonyl (C=O) groups excluding carboxylic acids is 3. The molecule has 3 fully saturated rings. The molecule has 3 amide bonds. The van der Waals surface area contributed by atoms with Crippen LogP contribution in [0.5, 0.6) is 0 Å². The topological polar surface area (TPSA) is 123 Å². The second kappa shape index (κ2) is 9.38. The Morgan fingerprint density at radius 2 is 1.94 bits per heavy atom. The lowest BCUT2D eigenvalue weighted by Gasteiger charge is -2.33. The molecule has 2 aliphatic carbocycles. The van der Waals surface area contributed by atoms with Crippen molar-refractivity contribution in [3.05, 3.63) is 30.4 Å². The number of nitrogens with one attached hydrogen (secondary N) is 3. The van der Waals surface area contributed by atoms with Gasteiger partial charge in [0.15, 0.2) is 0 Å². The van der Waals surface area contributed by atoms with E-state index in [4.69, 9.17) is 0 Å². The first-order valence-corrected chi connectivity index (χ1v) is 12.1. The standard InChI is InChI=1S/C23H29F2N7O3/c24-23(25)7-3-14(4-8-23)19(30-21(34)18-6-10-27-32(18)17-1-2-17)22(35)29-16-11-28-31(13-16)12-15-5-9-26-20(15)33/h6,10-11,13-15,17,19H,1-5,7-9,12H2,(H,26,33)(H,29,35)(H,30,34). The van der Waals surface area contributed by atoms with Gasteiger partial charge in [0.2, 0.25) is 17.7 Å². The van der Waals surface area contributed by atoms with Crippen LogP contribution in [0.1, 0.15) is 61.5 Å². The van der Waals surface area contributed by atoms with Crippen LogP contribution in [0.3, 0.4) is 0 Å². The van der Waals surface area contributed by atoms with Crippen molar-refractivity contribution >= 4 is 23.4 Å². The van der Waals surface area contributed by atoms with Crippen molar-refractivity contribution in [1.29, 1.82) is 0 Å². The molecule has 0 aromatic carbocycles. The summed E-state index contributed by atoms with van der Waals surface area (Å²) in [6.07, 6.45) is 6.86. The van der Waals surface area contributed by atoms with Crippen LogP contribution in [0.4, 0.5) is 14.5 Å². The van der Waals surface area contributed by atoms with E-state index in [2.05, 4.69) is 26.1 Å². The van der Waals surface area contributed by atoms with Crippen molar-refractivity contribution in [2.24, 2.45) is 11.8 Å². The normalized spacial score (nSPS) is 23.0. The fraction of sp³-hybridized carbons (Fsp3) is 0.609. The smallest absolute Gasteiger partial charge is 0.270 e. The summed E-state index contributed by atoms with van der Waals surface area (Å²) in [6, 6.07) is 0.796. The highest BCUT2D eigenvalue weighted by atomic mass is 19.3. The lowest BCUT2D eigenvalue weighted by atomic mass is 9.81. The van der Waals surface area contributed by atoms with E-state index in [0.29, 0.717) is 24.5 Å². The summed E-state index contributed by atoms with van der Waals surface area (Å²) in [7, 11) is 0. The third-order valence-electron chi connectivity index (χ3n) is 7.07. The van der Waals surface area contributed by atoms with Gasteiger partial charge in [-0.15, -0.1) is 0 Å². The summed E-state index contributed by atoms with van der Waals surface area (Å²) >= 11 is 0. The van der Waals surface area contributed by atoms with Gasteiger partial charge in [-0.05, 0) is 44.1 Å². The number of anilines is 1. The molecule has 0 radical (unpaired) electrons. The predicted octanol–water partition coefficient (Wildman–Crippen LogP) is 2.11. The van der Waals surface area contributed by atoms with Crippen LogP contribution in [0.2, 0.25) is 0 Å². The fourth-order valence-corrected chi connectivity index (χ4v) is 4.91. The van der Waals surface area contributed by atoms with Gasteiger partial charge >= 0.3 is 0 Å². The highest BCUT2D eigenvalue weighted by Gasteiger charge is 2.41. The van der Waals surface area contributed by atoms with Crippen LogP contribution >= 0.6 is 0 Å². The van der Waals surface area contributed by atoms with Crippen molar-refractivity contribution in [3.8, 4) is 0 Å². The van der Waals surface area contributed by atoms with Gasteiger partial charge in [0.25, 0.3) is 5.91 Å². The van der Waals surface area contributed by atoms with Crippen molar-refractivity contribution in [2.75, 3.05) is 11.9 Å². The lowest BCUT2D eigenvalue weighted by molar-refractivity contribution is -0.123. The van der Waals surface area contributed by atoms with Gasteiger partial charge in [0, 0.05) is 31.8 Å². The quantitative estimate of drug-likeness (QED) is 0.524. The van der Waals surface area contributed by atoms with Crippen molar-refractivity contribution in [1.82, 2.24) is 30.2 Å². The maximum Gasteiger partial charge on any atom is 0.270 e. The monoisotopic (exact) mass is 489 g/mol. The molecule has 3 N–H and O–H groups in total. The Morgan fingerprint density at radius 1 is 1.17 bits per heavy atom. The zero-order valence-corrected chi connectivity index (χ0v) is 19.3. The molecule has 2 aromatic heterocycles. The van der Waals surface area contributed by atoms with Crippen LogP contribution in [0.25, 0.3) is 0 Å². The number of hydrogen-bond donors (Lipinski definition) is 3. The predicted molar refractivity (Wildman–Crippen MR) is 121 cm³/mol. The Balaban J connectivity index is 1.28. The number of carbonyl (C=O) groups is 3. The van der Waals surface area contributed by atoms with E-state index in [1.165, 1.54) is 6.20 Å². The molecule has 1 aliphatic heterocycles. The fourth-order valence-electron chi connectivity index (χ4n) is 4.91. The summed E-state index contributed by atoms with van der Waals surface area (Å²) in [4.78, 5) is 38.2. The Morgan fingerprint density at radius 3 is 2.63 bits per heavy atom. The Kier molecular flexibility index (Phi) is 6.28. The van der Waals surface area contributed by atoms with Crippen LogP contribution in [0, 0.1) is 11.8 Å². The molecular weight excluding hydrogens is 460 g/mol. The number of aromatic nitrogens is 4. The highest BCUT2D eigenvalue weighted by Crippen LogP contribution is 2.38. The molecule has 5 rings (SSSR count). The molecule has 3 heterocycles. The van der Waals surface area contributed by atoms with E-state index < -0.39 is 29.7 Å². The third-order valence-corrected chi connectivity index (χ3v) is 7.07. The van der Waals surface area contributed by atoms with Crippen LogP contribution in [0.15, 0.2) is 24.7 Å². The lowest BCUT2D eigenvalue weighted by Crippen LogP contribution is -2.50. The van der Waals surface area contributed by atoms with Crippen LogP contribution in [-0.2, 0) is 16.1 Å². The average molecular weight is 490 g/mol. The molecule has 2 aromatic rings. The molecule has 188 valence electrons. The molecule has 35 heavy (non-hydrogen) atoms. The second-order valence-electron chi connectivity index (χ2n) is 9.75. The number of nitrogens with zero attached hydrogens (tertiary/aromatic N) is 4. The zero-order chi connectivity index (χ0) is 24.6. The molecule has 1 saturated heterocycles. The molecule has 12 heteroatoms. The number of amides is 3. The van der Waals surface area contributed by atoms with E-state index in [-0.39, 0.29) is 43.6 Å². The van der Waals surface area contributed by atoms with E-state index in [1.807, 2.05) is 0 Å². The number of rotatable bonds is 8. The maximum atomic E-state index is 13.8. The minimum atomic E-state index is -2.75. The molecule has 0 spiro atoms. The van der Waals surface area contributed by atoms with E-state index in [1.54, 1.807) is 27.8 Å². The van der Waals surface area contributed by atoms with Gasteiger partial charge in [-0.25, -0.2) is 8.78 Å². The summed E-state index contributed by atoms with van der Waals surface area (Å²) in [5.74, 6) is -4.30. The Bertz CT molecular complexity index is 1100. The molecular formula is C23H29F2N7O3. The van der Waals surface area contributed by atoms with E-state index in [9.17, 15) is 23.2 Å². The third kappa shape index (κ3) is 5.35. The van der Waals surface area contributed by atoms with Crippen LogP contribution < -0.4 is 16.0 Å². The first-order valence-electron chi connectivity index (χ1n) is 12.1. The first kappa shape index (κ1) is 23.4. The summed E-state index contributed by atoms with van der Waals surface area (Å²) in [5.41, 5.74) is 0.769. The number of alkyl halides is 2. The first-order chi connectivity index (χ1) is 16.8. The van der Waals surface area contributed by atoms with Crippen LogP contribution in [-0.4, -0.2) is 55.8 Å². The Labute approximate surface area is 200 Å². The molecule has 0 bridgehead atoms. The molecule has 2 saturated carbocycles. The summed E-state index contributed by atoms with van der Waals surface area (Å²) < 4.78 is 30.8. The van der Waals surface area contributed by atoms with Crippen molar-refractivity contribution < 1.29 is 23.2 Å². The van der Waals surface area contributed by atoms with Gasteiger partial charge < -0.3 is 16.0 Å². The summed E-state index contributed by atoms with van der Waals surface area (Å²) in [6.45, 7) is 1.03. The maximum absolute atomic E-state index is 13.8. The zero-order valence-electron chi connectivity index (χ0n) is 19.3. The van der Waals surface area contributed by atoms with Gasteiger partial charge in [-0.1, -0.05) is 0 Å². The molecule has 3 aliphatic rings. The van der Waals surface area contributed by atoms with Gasteiger partial charge in [-0.2, -0.15) is 10.2 Å². The minimum absolute atomic E-state index is 0.0200. The van der Waals surface area contributed by atoms with Gasteiger partial charge in [-0.3, -0.25) is 23.7 Å². The second-order valence-corrected chi connectivity index (χ2v) is 9.75. The number of halogens is 2. The molecule has 2 atom stereocenters. The number of hydrogen-bond acceptors (Lipinski definition) is 5. The molecule has 2 unspecified atom stereocenters. The SMILES string of the molecule is O=C(NC(C(=O)Nc1cnn(CC2CCNC2=O)c1)C1CCC(F)(F)CC1)c1ccnn1C1CC1. The summed E-state index contributed by atoms with van der Waals surface area (Å²) in [5, 5.41) is 16.8. The average Bonchev–Trinajstić information content (AvgIpc) is 3.17. The van der Waals surface area contributed by atoms with Crippen molar-refractivity contribution in [2.45, 2.75) is 69.5 Å². The largest absolute Gasteiger partial charge is 0.356 e. The Hall–Kier alpha value is -3.31. The van der Waals surface area contributed by atoms with E-state index in [0.717, 1.165) is 19.3 Å². The van der Waals surface area contributed by atoms with Gasteiger partial charge in [0.05, 0.1) is 30.4 Å². The highest BCUT2D eigenvalue weighted by molar-refractivity contribution is 6.00. The minimum Gasteiger partial charge on any atom is -0.356 e. The van der Waals surface area contributed by atoms with Gasteiger partial charge in [0.1, 0.15) is 11.7 Å².